The Balaban J connectivity index is 3.32. The second-order valence-corrected chi connectivity index (χ2v) is 6.10. The van der Waals surface area contributed by atoms with E-state index in [0.717, 1.165) is 6.42 Å². The van der Waals surface area contributed by atoms with Gasteiger partial charge in [0.05, 0.1) is 23.3 Å². The van der Waals surface area contributed by atoms with E-state index in [1.54, 1.807) is 13.0 Å². The van der Waals surface area contributed by atoms with Crippen molar-refractivity contribution in [1.29, 1.82) is 0 Å². The molecule has 134 valence electrons. The van der Waals surface area contributed by atoms with Gasteiger partial charge in [-0.05, 0) is 19.3 Å². The molecule has 6 nitrogen and oxygen atoms in total. The first kappa shape index (κ1) is 20.1. The van der Waals surface area contributed by atoms with Gasteiger partial charge in [-0.25, -0.2) is 0 Å². The monoisotopic (exact) mass is 336 g/mol. The van der Waals surface area contributed by atoms with Crippen LogP contribution < -0.4 is 11.2 Å². The molecule has 0 radical (unpaired) electrons. The second kappa shape index (κ2) is 8.78. The van der Waals surface area contributed by atoms with E-state index in [2.05, 4.69) is 12.1 Å². The molecule has 0 aromatic heterocycles. The van der Waals surface area contributed by atoms with Gasteiger partial charge in [-0.2, -0.15) is 0 Å². The highest BCUT2D eigenvalue weighted by atomic mass is 16.6. The van der Waals surface area contributed by atoms with E-state index >= 15 is 0 Å². The van der Waals surface area contributed by atoms with E-state index < -0.39 is 17.2 Å². The summed E-state index contributed by atoms with van der Waals surface area (Å²) in [5.41, 5.74) is 7.80. The smallest absolute Gasteiger partial charge is 0.224 e. The van der Waals surface area contributed by atoms with E-state index in [4.69, 9.17) is 10.6 Å². The molecule has 0 aromatic carbocycles. The topological polar surface area (TPSA) is 98.5 Å². The van der Waals surface area contributed by atoms with Crippen molar-refractivity contribution in [3.8, 4) is 0 Å². The molecule has 24 heavy (non-hydrogen) atoms. The van der Waals surface area contributed by atoms with Gasteiger partial charge in [-0.15, -0.1) is 6.58 Å². The van der Waals surface area contributed by atoms with Gasteiger partial charge in [0, 0.05) is 12.3 Å². The molecule has 6 heteroatoms. The van der Waals surface area contributed by atoms with Gasteiger partial charge in [0.1, 0.15) is 0 Å². The molecule has 0 aliphatic heterocycles. The standard InChI is InChI=1S/C18H28N2O4/c1-5-9-13(20-24-10-6-2)15-14(21)11-18(8-4,17(19)23)12(7-3)16(15)22/h6,12,20H,2,5,7-11H2,1,3-4H3,(H2,19,23). The first-order chi connectivity index (χ1) is 11.4. The van der Waals surface area contributed by atoms with E-state index in [9.17, 15) is 14.4 Å². The number of hydrogen-bond donors (Lipinski definition) is 2. The third-order valence-corrected chi connectivity index (χ3v) is 4.71. The molecule has 1 aliphatic rings. The van der Waals surface area contributed by atoms with Crippen LogP contribution in [0, 0.1) is 11.3 Å². The minimum Gasteiger partial charge on any atom is -0.369 e. The maximum atomic E-state index is 13.0. The molecule has 1 fully saturated rings. The Bertz CT molecular complexity index is 553. The summed E-state index contributed by atoms with van der Waals surface area (Å²) in [6.07, 6.45) is 3.62. The lowest BCUT2D eigenvalue weighted by Crippen LogP contribution is -2.52. The number of carbonyl (C=O) groups excluding carboxylic acids is 3. The first-order valence-corrected chi connectivity index (χ1v) is 8.48. The number of ketones is 2. The third kappa shape index (κ3) is 3.75. The molecule has 0 heterocycles. The highest BCUT2D eigenvalue weighted by Gasteiger charge is 2.53. The molecule has 1 aliphatic carbocycles. The number of amides is 1. The zero-order chi connectivity index (χ0) is 18.3. The van der Waals surface area contributed by atoms with Crippen LogP contribution in [0.1, 0.15) is 52.9 Å². The van der Waals surface area contributed by atoms with Crippen LogP contribution in [0.25, 0.3) is 0 Å². The Kier molecular flexibility index (Phi) is 7.35. The van der Waals surface area contributed by atoms with Crippen molar-refractivity contribution in [2.75, 3.05) is 6.61 Å². The average molecular weight is 336 g/mol. The summed E-state index contributed by atoms with van der Waals surface area (Å²) in [4.78, 5) is 42.9. The number of Topliss-reactive ketones (excluding diaryl/α,β-unsaturated/α-hetero) is 2. The Morgan fingerprint density at radius 1 is 1.42 bits per heavy atom. The number of allylic oxidation sites excluding steroid dienone is 2. The van der Waals surface area contributed by atoms with E-state index in [-0.39, 0.29) is 30.2 Å². The fourth-order valence-electron chi connectivity index (χ4n) is 3.42. The summed E-state index contributed by atoms with van der Waals surface area (Å²) in [5, 5.41) is 0. The Morgan fingerprint density at radius 2 is 2.08 bits per heavy atom. The van der Waals surface area contributed by atoms with E-state index in [0.29, 0.717) is 25.0 Å². The summed E-state index contributed by atoms with van der Waals surface area (Å²) in [6, 6.07) is 0. The van der Waals surface area contributed by atoms with Crippen molar-refractivity contribution in [2.45, 2.75) is 52.9 Å². The SMILES string of the molecule is C=CCONC(CCC)=C1C(=O)CC(CC)(C(N)=O)C(CC)C1=O. The molecular formula is C18H28N2O4. The number of primary amides is 1. The fourth-order valence-corrected chi connectivity index (χ4v) is 3.42. The Hall–Kier alpha value is -1.95. The van der Waals surface area contributed by atoms with Gasteiger partial charge >= 0.3 is 0 Å². The van der Waals surface area contributed by atoms with Crippen molar-refractivity contribution in [3.05, 3.63) is 23.9 Å². The number of rotatable bonds is 9. The zero-order valence-electron chi connectivity index (χ0n) is 14.8. The Labute approximate surface area is 143 Å². The number of hydroxylamine groups is 1. The number of hydrogen-bond acceptors (Lipinski definition) is 5. The molecule has 0 aromatic rings. The summed E-state index contributed by atoms with van der Waals surface area (Å²) in [5.74, 6) is -1.82. The molecule has 1 amide bonds. The first-order valence-electron chi connectivity index (χ1n) is 8.48. The van der Waals surface area contributed by atoms with Crippen LogP contribution in [0.4, 0.5) is 0 Å². The number of nitrogens with two attached hydrogens (primary N) is 1. The minimum atomic E-state index is -1.09. The predicted molar refractivity (Wildman–Crippen MR) is 91.5 cm³/mol. The molecule has 0 bridgehead atoms. The van der Waals surface area contributed by atoms with Crippen molar-refractivity contribution < 1.29 is 19.2 Å². The molecule has 0 saturated heterocycles. The van der Waals surface area contributed by atoms with Crippen LogP contribution in [-0.4, -0.2) is 24.1 Å². The van der Waals surface area contributed by atoms with Gasteiger partial charge in [0.25, 0.3) is 0 Å². The van der Waals surface area contributed by atoms with Crippen LogP contribution >= 0.6 is 0 Å². The molecule has 2 unspecified atom stereocenters. The molecule has 1 saturated carbocycles. The molecule has 3 N–H and O–H groups in total. The molecule has 0 spiro atoms. The highest BCUT2D eigenvalue weighted by molar-refractivity contribution is 6.25. The lowest BCUT2D eigenvalue weighted by atomic mass is 9.60. The number of nitrogens with one attached hydrogen (secondary N) is 1. The molecular weight excluding hydrogens is 308 g/mol. The van der Waals surface area contributed by atoms with Crippen LogP contribution in [0.15, 0.2) is 23.9 Å². The lowest BCUT2D eigenvalue weighted by molar-refractivity contribution is -0.145. The van der Waals surface area contributed by atoms with E-state index in [1.165, 1.54) is 0 Å². The normalized spacial score (nSPS) is 26.2. The van der Waals surface area contributed by atoms with Crippen LogP contribution in [0.2, 0.25) is 0 Å². The predicted octanol–water partition coefficient (Wildman–Crippen LogP) is 2.20. The maximum absolute atomic E-state index is 13.0. The second-order valence-electron chi connectivity index (χ2n) is 6.10. The van der Waals surface area contributed by atoms with Gasteiger partial charge in [0.2, 0.25) is 5.91 Å². The summed E-state index contributed by atoms with van der Waals surface area (Å²) >= 11 is 0. The summed E-state index contributed by atoms with van der Waals surface area (Å²) in [7, 11) is 0. The largest absolute Gasteiger partial charge is 0.369 e. The van der Waals surface area contributed by atoms with Gasteiger partial charge in [-0.1, -0.05) is 33.3 Å². The Morgan fingerprint density at radius 3 is 2.54 bits per heavy atom. The van der Waals surface area contributed by atoms with Crippen LogP contribution in [-0.2, 0) is 19.2 Å². The highest BCUT2D eigenvalue weighted by Crippen LogP contribution is 2.44. The fraction of sp³-hybridized carbons (Fsp3) is 0.611. The quantitative estimate of drug-likeness (QED) is 0.221. The van der Waals surface area contributed by atoms with E-state index in [1.807, 2.05) is 13.8 Å². The zero-order valence-corrected chi connectivity index (χ0v) is 14.8. The molecule has 1 rings (SSSR count). The van der Waals surface area contributed by atoms with Crippen molar-refractivity contribution >= 4 is 17.5 Å². The average Bonchev–Trinajstić information content (AvgIpc) is 2.54. The van der Waals surface area contributed by atoms with Crippen LogP contribution in [0.5, 0.6) is 0 Å². The summed E-state index contributed by atoms with van der Waals surface area (Å²) < 4.78 is 0. The van der Waals surface area contributed by atoms with Crippen molar-refractivity contribution in [2.24, 2.45) is 17.1 Å². The van der Waals surface area contributed by atoms with Gasteiger partial charge in [0.15, 0.2) is 11.6 Å². The van der Waals surface area contributed by atoms with Crippen molar-refractivity contribution in [1.82, 2.24) is 5.48 Å². The van der Waals surface area contributed by atoms with Crippen molar-refractivity contribution in [3.63, 3.8) is 0 Å². The lowest BCUT2D eigenvalue weighted by Gasteiger charge is -2.40. The maximum Gasteiger partial charge on any atom is 0.224 e. The van der Waals surface area contributed by atoms with Crippen LogP contribution in [0.3, 0.4) is 0 Å². The minimum absolute atomic E-state index is 0.0330. The van der Waals surface area contributed by atoms with Gasteiger partial charge < -0.3 is 5.73 Å². The number of carbonyl (C=O) groups is 3. The van der Waals surface area contributed by atoms with Gasteiger partial charge in [-0.3, -0.25) is 24.7 Å². The third-order valence-electron chi connectivity index (χ3n) is 4.71. The summed E-state index contributed by atoms with van der Waals surface area (Å²) in [6.45, 7) is 9.38. The molecule has 2 atom stereocenters.